The van der Waals surface area contributed by atoms with E-state index >= 15 is 0 Å². The molecule has 25 heavy (non-hydrogen) atoms. The van der Waals surface area contributed by atoms with Gasteiger partial charge in [-0.05, 0) is 41.8 Å². The summed E-state index contributed by atoms with van der Waals surface area (Å²) < 4.78 is 0. The Labute approximate surface area is 145 Å². The van der Waals surface area contributed by atoms with Gasteiger partial charge in [0.1, 0.15) is 6.54 Å². The number of nitrogens with zero attached hydrogens (tertiary/aromatic N) is 2. The first-order chi connectivity index (χ1) is 12.1. The molecule has 2 aliphatic heterocycles. The molecular formula is C19H17N3O3. The maximum atomic E-state index is 12.7. The monoisotopic (exact) mass is 335 g/mol. The van der Waals surface area contributed by atoms with Crippen molar-refractivity contribution in [2.75, 3.05) is 18.0 Å². The molecule has 6 heteroatoms. The van der Waals surface area contributed by atoms with Gasteiger partial charge in [-0.15, -0.1) is 0 Å². The number of urea groups is 1. The van der Waals surface area contributed by atoms with Gasteiger partial charge >= 0.3 is 6.03 Å². The van der Waals surface area contributed by atoms with E-state index in [1.807, 2.05) is 17.0 Å². The van der Waals surface area contributed by atoms with Crippen molar-refractivity contribution in [2.24, 2.45) is 0 Å². The minimum Gasteiger partial charge on any atom is -0.334 e. The smallest absolute Gasteiger partial charge is 0.329 e. The Hall–Kier alpha value is -3.15. The van der Waals surface area contributed by atoms with Gasteiger partial charge in [0.25, 0.3) is 5.91 Å². The van der Waals surface area contributed by atoms with Gasteiger partial charge in [0.2, 0.25) is 5.91 Å². The maximum absolute atomic E-state index is 12.7. The average molecular weight is 335 g/mol. The number of fused-ring (bicyclic) bond motifs is 1. The normalized spacial score (nSPS) is 16.6. The molecule has 2 aromatic rings. The van der Waals surface area contributed by atoms with Crippen molar-refractivity contribution in [3.63, 3.8) is 0 Å². The molecule has 2 heterocycles. The van der Waals surface area contributed by atoms with E-state index < -0.39 is 6.03 Å². The summed E-state index contributed by atoms with van der Waals surface area (Å²) in [5.41, 5.74) is 3.66. The van der Waals surface area contributed by atoms with Gasteiger partial charge in [0.05, 0.1) is 0 Å². The van der Waals surface area contributed by atoms with Crippen LogP contribution in [0.1, 0.15) is 21.5 Å². The molecule has 126 valence electrons. The van der Waals surface area contributed by atoms with Crippen LogP contribution in [0.15, 0.2) is 48.5 Å². The van der Waals surface area contributed by atoms with Crippen LogP contribution < -0.4 is 10.2 Å². The number of hydrogen-bond donors (Lipinski definition) is 1. The fraction of sp³-hybridized carbons (Fsp3) is 0.211. The van der Waals surface area contributed by atoms with Crippen LogP contribution in [0, 0.1) is 0 Å². The van der Waals surface area contributed by atoms with Crippen molar-refractivity contribution in [3.05, 3.63) is 65.2 Å². The molecule has 1 N–H and O–H groups in total. The van der Waals surface area contributed by atoms with Crippen molar-refractivity contribution in [1.29, 1.82) is 0 Å². The van der Waals surface area contributed by atoms with Gasteiger partial charge in [-0.3, -0.25) is 19.8 Å². The summed E-state index contributed by atoms with van der Waals surface area (Å²) >= 11 is 0. The molecule has 4 amide bonds. The molecule has 1 fully saturated rings. The lowest BCUT2D eigenvalue weighted by atomic mass is 9.99. The predicted octanol–water partition coefficient (Wildman–Crippen LogP) is 1.94. The Balaban J connectivity index is 1.50. The molecule has 0 aliphatic carbocycles. The lowest BCUT2D eigenvalue weighted by molar-refractivity contribution is -0.117. The highest BCUT2D eigenvalue weighted by Crippen LogP contribution is 2.22. The second-order valence-corrected chi connectivity index (χ2v) is 6.23. The molecule has 1 saturated heterocycles. The van der Waals surface area contributed by atoms with Gasteiger partial charge in [0.15, 0.2) is 0 Å². The first-order valence-electron chi connectivity index (χ1n) is 8.19. The minimum absolute atomic E-state index is 0.00896. The van der Waals surface area contributed by atoms with Crippen LogP contribution >= 0.6 is 0 Å². The molecule has 0 unspecified atom stereocenters. The quantitative estimate of drug-likeness (QED) is 0.853. The molecule has 0 radical (unpaired) electrons. The van der Waals surface area contributed by atoms with Crippen molar-refractivity contribution < 1.29 is 14.4 Å². The second-order valence-electron chi connectivity index (χ2n) is 6.23. The Kier molecular flexibility index (Phi) is 3.72. The summed E-state index contributed by atoms with van der Waals surface area (Å²) in [6.45, 7) is 1.31. The summed E-state index contributed by atoms with van der Waals surface area (Å²) in [6, 6.07) is 14.5. The fourth-order valence-electron chi connectivity index (χ4n) is 3.29. The molecule has 4 rings (SSSR count). The highest BCUT2D eigenvalue weighted by atomic mass is 16.2. The van der Waals surface area contributed by atoms with Gasteiger partial charge < -0.3 is 4.90 Å². The highest BCUT2D eigenvalue weighted by Gasteiger charge is 2.28. The van der Waals surface area contributed by atoms with Crippen molar-refractivity contribution in [3.8, 4) is 0 Å². The number of hydrogen-bond acceptors (Lipinski definition) is 3. The summed E-state index contributed by atoms with van der Waals surface area (Å²) in [5, 5.41) is 2.24. The third-order valence-electron chi connectivity index (χ3n) is 4.64. The Morgan fingerprint density at radius 3 is 2.32 bits per heavy atom. The van der Waals surface area contributed by atoms with Crippen LogP contribution in [0.5, 0.6) is 0 Å². The average Bonchev–Trinajstić information content (AvgIpc) is 2.99. The number of rotatable bonds is 2. The molecule has 2 aromatic carbocycles. The largest absolute Gasteiger partial charge is 0.334 e. The first kappa shape index (κ1) is 15.4. The van der Waals surface area contributed by atoms with E-state index in [0.29, 0.717) is 24.3 Å². The third-order valence-corrected chi connectivity index (χ3v) is 4.64. The van der Waals surface area contributed by atoms with E-state index in [9.17, 15) is 14.4 Å². The van der Waals surface area contributed by atoms with E-state index in [1.54, 1.807) is 24.3 Å². The third kappa shape index (κ3) is 2.87. The van der Waals surface area contributed by atoms with E-state index in [-0.39, 0.29) is 18.4 Å². The number of imide groups is 1. The second kappa shape index (κ2) is 6.05. The van der Waals surface area contributed by atoms with Crippen molar-refractivity contribution in [2.45, 2.75) is 13.0 Å². The topological polar surface area (TPSA) is 69.7 Å². The summed E-state index contributed by atoms with van der Waals surface area (Å²) in [5.74, 6) is -0.347. The number of carbonyl (C=O) groups excluding carboxylic acids is 3. The van der Waals surface area contributed by atoms with E-state index in [1.165, 1.54) is 16.0 Å². The SMILES string of the molecule is O=C1CN(c2ccc(C(=O)N3CCc4ccccc4C3)cc2)C(=O)N1. The van der Waals surface area contributed by atoms with E-state index in [0.717, 1.165) is 6.42 Å². The van der Waals surface area contributed by atoms with Gasteiger partial charge in [-0.2, -0.15) is 0 Å². The summed E-state index contributed by atoms with van der Waals surface area (Å²) in [6.07, 6.45) is 0.857. The molecule has 2 aliphatic rings. The zero-order valence-corrected chi connectivity index (χ0v) is 13.6. The number of carbonyl (C=O) groups is 3. The van der Waals surface area contributed by atoms with Crippen LogP contribution in [0.3, 0.4) is 0 Å². The van der Waals surface area contributed by atoms with Crippen molar-refractivity contribution in [1.82, 2.24) is 10.2 Å². The van der Waals surface area contributed by atoms with Gasteiger partial charge in [-0.25, -0.2) is 4.79 Å². The molecule has 6 nitrogen and oxygen atoms in total. The highest BCUT2D eigenvalue weighted by molar-refractivity contribution is 6.12. The Morgan fingerprint density at radius 2 is 1.64 bits per heavy atom. The fourth-order valence-corrected chi connectivity index (χ4v) is 3.29. The first-order valence-corrected chi connectivity index (χ1v) is 8.19. The summed E-state index contributed by atoms with van der Waals surface area (Å²) in [4.78, 5) is 38.9. The maximum Gasteiger partial charge on any atom is 0.329 e. The molecule has 0 saturated carbocycles. The standard InChI is InChI=1S/C19H17N3O3/c23-17-12-22(19(25)20-17)16-7-5-14(6-8-16)18(24)21-10-9-13-3-1-2-4-15(13)11-21/h1-8H,9-12H2,(H,20,23,25). The molecule has 0 atom stereocenters. The van der Waals surface area contributed by atoms with Gasteiger partial charge in [-0.1, -0.05) is 24.3 Å². The molecule has 0 bridgehead atoms. The molecular weight excluding hydrogens is 318 g/mol. The Morgan fingerprint density at radius 1 is 0.920 bits per heavy atom. The number of amides is 4. The minimum atomic E-state index is -0.434. The molecule has 0 aromatic heterocycles. The van der Waals surface area contributed by atoms with Crippen molar-refractivity contribution >= 4 is 23.5 Å². The van der Waals surface area contributed by atoms with Crippen LogP contribution in [-0.4, -0.2) is 35.8 Å². The van der Waals surface area contributed by atoms with Gasteiger partial charge in [0, 0.05) is 24.3 Å². The number of nitrogens with one attached hydrogen (secondary N) is 1. The van der Waals surface area contributed by atoms with Crippen LogP contribution in [-0.2, 0) is 17.8 Å². The molecule has 0 spiro atoms. The van der Waals surface area contributed by atoms with Crippen LogP contribution in [0.25, 0.3) is 0 Å². The number of benzene rings is 2. The van der Waals surface area contributed by atoms with Crippen LogP contribution in [0.2, 0.25) is 0 Å². The zero-order valence-electron chi connectivity index (χ0n) is 13.6. The summed E-state index contributed by atoms with van der Waals surface area (Å²) in [7, 11) is 0. The predicted molar refractivity (Wildman–Crippen MR) is 92.2 cm³/mol. The lowest BCUT2D eigenvalue weighted by Crippen LogP contribution is -2.36. The van der Waals surface area contributed by atoms with Crippen LogP contribution in [0.4, 0.5) is 10.5 Å². The zero-order chi connectivity index (χ0) is 17.4. The van der Waals surface area contributed by atoms with E-state index in [4.69, 9.17) is 0 Å². The lowest BCUT2D eigenvalue weighted by Gasteiger charge is -2.29. The Bertz CT molecular complexity index is 860. The van der Waals surface area contributed by atoms with E-state index in [2.05, 4.69) is 17.4 Å². The number of anilines is 1.